The number of likely N-dealkylation sites (tertiary alicyclic amines) is 1. The van der Waals surface area contributed by atoms with Crippen LogP contribution in [0, 0.1) is 18.7 Å². The second-order valence-corrected chi connectivity index (χ2v) is 11.0. The van der Waals surface area contributed by atoms with Crippen LogP contribution in [0.15, 0.2) is 60.7 Å². The van der Waals surface area contributed by atoms with Gasteiger partial charge in [0, 0.05) is 47.1 Å². The smallest absolute Gasteiger partial charge is 0.271 e. The number of alkyl halides is 3. The summed E-state index contributed by atoms with van der Waals surface area (Å²) in [5.74, 6) is -2.62. The van der Waals surface area contributed by atoms with Crippen LogP contribution in [0.4, 0.5) is 17.6 Å². The lowest BCUT2D eigenvalue weighted by molar-refractivity contribution is 0.0178. The van der Waals surface area contributed by atoms with Crippen molar-refractivity contribution in [3.63, 3.8) is 0 Å². The van der Waals surface area contributed by atoms with Crippen LogP contribution < -0.4 is 4.74 Å². The third-order valence-electron chi connectivity index (χ3n) is 6.83. The van der Waals surface area contributed by atoms with Gasteiger partial charge in [0.2, 0.25) is 0 Å². The summed E-state index contributed by atoms with van der Waals surface area (Å²) < 4.78 is 62.8. The molecule has 4 aromatic rings. The lowest BCUT2D eigenvalue weighted by Gasteiger charge is -2.37. The minimum atomic E-state index is -3.22. The number of nitrogens with zero attached hydrogens (tertiary/aromatic N) is 1. The minimum absolute atomic E-state index is 0.202. The summed E-state index contributed by atoms with van der Waals surface area (Å²) in [5, 5.41) is 0.825. The molecule has 1 saturated heterocycles. The summed E-state index contributed by atoms with van der Waals surface area (Å²) in [6.45, 7) is 5.17. The number of thiophene rings is 1. The molecule has 7 heteroatoms. The highest BCUT2D eigenvalue weighted by atomic mass is 32.1. The molecule has 37 heavy (non-hydrogen) atoms. The van der Waals surface area contributed by atoms with Crippen LogP contribution in [0.25, 0.3) is 20.5 Å². The molecule has 2 nitrogen and oxygen atoms in total. The van der Waals surface area contributed by atoms with Crippen LogP contribution >= 0.6 is 11.3 Å². The largest absolute Gasteiger partial charge is 0.455 e. The molecule has 2 heterocycles. The summed E-state index contributed by atoms with van der Waals surface area (Å²) in [5.41, 5.74) is 2.12. The Morgan fingerprint density at radius 3 is 2.49 bits per heavy atom. The molecule has 1 fully saturated rings. The van der Waals surface area contributed by atoms with E-state index < -0.39 is 11.7 Å². The number of ether oxygens (including phenoxy) is 1. The third kappa shape index (κ3) is 5.68. The van der Waals surface area contributed by atoms with Gasteiger partial charge in [0.1, 0.15) is 11.6 Å². The van der Waals surface area contributed by atoms with Gasteiger partial charge < -0.3 is 9.64 Å². The maximum atomic E-state index is 14.5. The average molecular weight is 528 g/mol. The van der Waals surface area contributed by atoms with Crippen LogP contribution in [-0.2, 0) is 12.3 Å². The molecule has 194 valence electrons. The molecule has 0 aliphatic carbocycles. The van der Waals surface area contributed by atoms with Gasteiger partial charge in [-0.1, -0.05) is 24.3 Å². The Hall–Kier alpha value is -2.90. The van der Waals surface area contributed by atoms with E-state index in [1.807, 2.05) is 49.4 Å². The molecular weight excluding hydrogens is 498 g/mol. The molecule has 5 rings (SSSR count). The van der Waals surface area contributed by atoms with Crippen molar-refractivity contribution in [1.82, 2.24) is 4.90 Å². The molecular formula is C30H29F4NOS. The third-order valence-corrected chi connectivity index (χ3v) is 8.00. The molecule has 1 aromatic heterocycles. The van der Waals surface area contributed by atoms with E-state index in [9.17, 15) is 17.6 Å². The summed E-state index contributed by atoms with van der Waals surface area (Å²) in [6, 6.07) is 17.2. The van der Waals surface area contributed by atoms with Crippen molar-refractivity contribution in [2.75, 3.05) is 26.3 Å². The van der Waals surface area contributed by atoms with Gasteiger partial charge in [-0.05, 0) is 73.8 Å². The fourth-order valence-electron chi connectivity index (χ4n) is 4.84. The van der Waals surface area contributed by atoms with E-state index in [4.69, 9.17) is 4.74 Å². The lowest BCUT2D eigenvalue weighted by Crippen LogP contribution is -2.47. The Morgan fingerprint density at radius 1 is 1.03 bits per heavy atom. The van der Waals surface area contributed by atoms with E-state index in [0.29, 0.717) is 16.4 Å². The van der Waals surface area contributed by atoms with Crippen molar-refractivity contribution in [3.8, 4) is 21.9 Å². The number of aryl methyl sites for hydroxylation is 2. The number of hydrogen-bond acceptors (Lipinski definition) is 3. The van der Waals surface area contributed by atoms with Gasteiger partial charge >= 0.3 is 0 Å². The fraction of sp³-hybridized carbons (Fsp3) is 0.333. The van der Waals surface area contributed by atoms with Gasteiger partial charge in [0.15, 0.2) is 5.75 Å². The van der Waals surface area contributed by atoms with Gasteiger partial charge in [-0.2, -0.15) is 0 Å². The number of hydrogen-bond donors (Lipinski definition) is 0. The maximum absolute atomic E-state index is 14.5. The quantitative estimate of drug-likeness (QED) is 0.202. The first-order chi connectivity index (χ1) is 17.7. The molecule has 0 N–H and O–H groups in total. The van der Waals surface area contributed by atoms with Crippen molar-refractivity contribution >= 4 is 21.4 Å². The zero-order valence-electron chi connectivity index (χ0n) is 20.9. The van der Waals surface area contributed by atoms with E-state index in [2.05, 4.69) is 4.90 Å². The van der Waals surface area contributed by atoms with Crippen LogP contribution in [0.1, 0.15) is 30.0 Å². The van der Waals surface area contributed by atoms with Crippen LogP contribution in [0.2, 0.25) is 0 Å². The van der Waals surface area contributed by atoms with Gasteiger partial charge in [-0.15, -0.1) is 11.3 Å². The number of rotatable bonds is 9. The highest BCUT2D eigenvalue weighted by Gasteiger charge is 2.31. The molecule has 3 aromatic carbocycles. The lowest BCUT2D eigenvalue weighted by atomic mass is 10.00. The van der Waals surface area contributed by atoms with Crippen molar-refractivity contribution < 1.29 is 22.3 Å². The predicted molar refractivity (Wildman–Crippen MR) is 142 cm³/mol. The molecule has 0 unspecified atom stereocenters. The second kappa shape index (κ2) is 10.5. The average Bonchev–Trinajstić information content (AvgIpc) is 3.18. The van der Waals surface area contributed by atoms with E-state index in [0.717, 1.165) is 61.1 Å². The summed E-state index contributed by atoms with van der Waals surface area (Å²) in [4.78, 5) is 2.82. The summed E-state index contributed by atoms with van der Waals surface area (Å²) in [6.07, 6.45) is 1.91. The van der Waals surface area contributed by atoms with Crippen molar-refractivity contribution in [2.45, 2.75) is 32.6 Å². The topological polar surface area (TPSA) is 12.5 Å². The Morgan fingerprint density at radius 2 is 1.78 bits per heavy atom. The highest BCUT2D eigenvalue weighted by molar-refractivity contribution is 7.22. The predicted octanol–water partition coefficient (Wildman–Crippen LogP) is 8.75. The number of halogens is 4. The van der Waals surface area contributed by atoms with Crippen LogP contribution in [0.3, 0.4) is 0 Å². The molecule has 0 atom stereocenters. The molecule has 1 aliphatic rings. The first-order valence-corrected chi connectivity index (χ1v) is 13.3. The summed E-state index contributed by atoms with van der Waals surface area (Å²) in [7, 11) is 0. The molecule has 0 amide bonds. The number of benzene rings is 3. The van der Waals surface area contributed by atoms with Crippen LogP contribution in [-0.4, -0.2) is 31.2 Å². The SMILES string of the molecule is Cc1ccc2c(Oc3ccc(CCCN4CC(CF)C4)cc3)c(-c3ccc(F)cc3C(C)(F)F)sc2c1. The molecule has 1 aliphatic heterocycles. The summed E-state index contributed by atoms with van der Waals surface area (Å²) >= 11 is 1.36. The Kier molecular flexibility index (Phi) is 7.28. The standard InChI is InChI=1S/C30H29F4NOS/c1-19-5-11-25-27(14-19)37-29(24-12-8-22(32)15-26(24)30(2,33)34)28(25)36-23-9-6-20(7-10-23)4-3-13-35-17-21(16-31)18-35/h5-12,14-15,21H,3-4,13,16-18H2,1-2H3. The molecule has 0 radical (unpaired) electrons. The zero-order valence-corrected chi connectivity index (χ0v) is 21.7. The molecule has 0 bridgehead atoms. The first-order valence-electron chi connectivity index (χ1n) is 12.5. The minimum Gasteiger partial charge on any atom is -0.455 e. The van der Waals surface area contributed by atoms with Gasteiger partial charge in [-0.3, -0.25) is 4.39 Å². The fourth-order valence-corrected chi connectivity index (χ4v) is 6.11. The van der Waals surface area contributed by atoms with Crippen molar-refractivity contribution in [3.05, 3.63) is 83.2 Å². The van der Waals surface area contributed by atoms with E-state index in [-0.39, 0.29) is 23.7 Å². The van der Waals surface area contributed by atoms with Gasteiger partial charge in [-0.25, -0.2) is 13.2 Å². The first kappa shape index (κ1) is 25.7. The van der Waals surface area contributed by atoms with Gasteiger partial charge in [0.05, 0.1) is 11.6 Å². The highest BCUT2D eigenvalue weighted by Crippen LogP contribution is 2.49. The van der Waals surface area contributed by atoms with Crippen LogP contribution in [0.5, 0.6) is 11.5 Å². The van der Waals surface area contributed by atoms with Crippen molar-refractivity contribution in [2.24, 2.45) is 5.92 Å². The van der Waals surface area contributed by atoms with E-state index >= 15 is 0 Å². The van der Waals surface area contributed by atoms with Crippen molar-refractivity contribution in [1.29, 1.82) is 0 Å². The Labute approximate surface area is 218 Å². The van der Waals surface area contributed by atoms with Gasteiger partial charge in [0.25, 0.3) is 5.92 Å². The Balaban J connectivity index is 1.40. The maximum Gasteiger partial charge on any atom is 0.271 e. The monoisotopic (exact) mass is 527 g/mol. The number of fused-ring (bicyclic) bond motifs is 1. The zero-order chi connectivity index (χ0) is 26.2. The molecule has 0 spiro atoms. The normalized spacial score (nSPS) is 14.8. The van der Waals surface area contributed by atoms with E-state index in [1.54, 1.807) is 0 Å². The second-order valence-electron chi connectivity index (χ2n) is 9.97. The Bertz CT molecular complexity index is 1390. The van der Waals surface area contributed by atoms with E-state index in [1.165, 1.54) is 29.0 Å². The molecule has 0 saturated carbocycles.